The van der Waals surface area contributed by atoms with Crippen LogP contribution in [-0.2, 0) is 0 Å². The van der Waals surface area contributed by atoms with Gasteiger partial charge in [-0.05, 0) is 56.4 Å². The highest BCUT2D eigenvalue weighted by Crippen LogP contribution is 2.35. The molecule has 2 nitrogen and oxygen atoms in total. The van der Waals surface area contributed by atoms with Gasteiger partial charge in [-0.1, -0.05) is 0 Å². The van der Waals surface area contributed by atoms with E-state index in [9.17, 15) is 4.39 Å². The smallest absolute Gasteiger partial charge is 0.123 e. The minimum atomic E-state index is -0.141. The number of nitrogens with zero attached hydrogens (tertiary/aromatic N) is 1. The van der Waals surface area contributed by atoms with Crippen LogP contribution >= 0.6 is 0 Å². The van der Waals surface area contributed by atoms with Crippen molar-refractivity contribution in [3.05, 3.63) is 29.6 Å². The lowest BCUT2D eigenvalue weighted by Gasteiger charge is -2.41. The summed E-state index contributed by atoms with van der Waals surface area (Å²) in [6.07, 6.45) is 2.73. The Hall–Kier alpha value is -1.09. The van der Waals surface area contributed by atoms with E-state index in [2.05, 4.69) is 17.1 Å². The SMILES string of the molecule is Cc1cc(F)ccc1N1CC(C2CC2)NCC1C. The van der Waals surface area contributed by atoms with Crippen molar-refractivity contribution in [3.63, 3.8) is 0 Å². The molecule has 1 N–H and O–H groups in total. The van der Waals surface area contributed by atoms with E-state index < -0.39 is 0 Å². The topological polar surface area (TPSA) is 15.3 Å². The molecule has 1 aliphatic carbocycles. The first-order valence-electron chi connectivity index (χ1n) is 6.91. The molecule has 1 saturated heterocycles. The normalized spacial score (nSPS) is 28.5. The zero-order valence-electron chi connectivity index (χ0n) is 11.1. The Bertz CT molecular complexity index is 442. The number of benzene rings is 1. The van der Waals surface area contributed by atoms with Crippen LogP contribution in [-0.4, -0.2) is 25.2 Å². The van der Waals surface area contributed by atoms with E-state index >= 15 is 0 Å². The molecule has 1 heterocycles. The van der Waals surface area contributed by atoms with E-state index in [4.69, 9.17) is 0 Å². The second-order valence-electron chi connectivity index (χ2n) is 5.78. The lowest BCUT2D eigenvalue weighted by molar-refractivity contribution is 0.375. The zero-order valence-corrected chi connectivity index (χ0v) is 11.1. The summed E-state index contributed by atoms with van der Waals surface area (Å²) in [7, 11) is 0. The first kappa shape index (κ1) is 12.0. The van der Waals surface area contributed by atoms with E-state index in [1.807, 2.05) is 13.0 Å². The van der Waals surface area contributed by atoms with Crippen molar-refractivity contribution in [1.29, 1.82) is 0 Å². The fraction of sp³-hybridized carbons (Fsp3) is 0.600. The first-order chi connectivity index (χ1) is 8.65. The zero-order chi connectivity index (χ0) is 12.7. The number of rotatable bonds is 2. The maximum Gasteiger partial charge on any atom is 0.123 e. The van der Waals surface area contributed by atoms with Crippen LogP contribution in [0.1, 0.15) is 25.3 Å². The van der Waals surface area contributed by atoms with Gasteiger partial charge in [-0.2, -0.15) is 0 Å². The molecule has 1 aromatic carbocycles. The van der Waals surface area contributed by atoms with Crippen LogP contribution < -0.4 is 10.2 Å². The van der Waals surface area contributed by atoms with Crippen molar-refractivity contribution in [2.45, 2.75) is 38.8 Å². The molecule has 2 aliphatic rings. The van der Waals surface area contributed by atoms with Crippen molar-refractivity contribution in [2.24, 2.45) is 5.92 Å². The van der Waals surface area contributed by atoms with Gasteiger partial charge in [0.1, 0.15) is 5.82 Å². The summed E-state index contributed by atoms with van der Waals surface area (Å²) in [6, 6.07) is 6.23. The van der Waals surface area contributed by atoms with Crippen LogP contribution in [0.15, 0.2) is 18.2 Å². The van der Waals surface area contributed by atoms with E-state index in [1.165, 1.54) is 18.5 Å². The molecule has 2 unspecified atom stereocenters. The second-order valence-corrected chi connectivity index (χ2v) is 5.78. The highest BCUT2D eigenvalue weighted by Gasteiger charge is 2.36. The average Bonchev–Trinajstić information content (AvgIpc) is 3.14. The largest absolute Gasteiger partial charge is 0.366 e. The molecule has 3 heteroatoms. The standard InChI is InChI=1S/C15H21FN2/c1-10-7-13(16)5-6-15(10)18-9-14(12-3-4-12)17-8-11(18)2/h5-7,11-12,14,17H,3-4,8-9H2,1-2H3. The van der Waals surface area contributed by atoms with Crippen molar-refractivity contribution in [3.8, 4) is 0 Å². The second kappa shape index (κ2) is 4.54. The molecule has 0 bridgehead atoms. The predicted molar refractivity (Wildman–Crippen MR) is 72.5 cm³/mol. The van der Waals surface area contributed by atoms with Gasteiger partial charge in [-0.3, -0.25) is 0 Å². The molecule has 98 valence electrons. The van der Waals surface area contributed by atoms with Gasteiger partial charge in [-0.15, -0.1) is 0 Å². The monoisotopic (exact) mass is 248 g/mol. The minimum Gasteiger partial charge on any atom is -0.366 e. The fourth-order valence-electron chi connectivity index (χ4n) is 2.98. The molecule has 2 atom stereocenters. The van der Waals surface area contributed by atoms with E-state index in [0.29, 0.717) is 12.1 Å². The molecule has 2 fully saturated rings. The van der Waals surface area contributed by atoms with Crippen LogP contribution in [0.2, 0.25) is 0 Å². The third-order valence-electron chi connectivity index (χ3n) is 4.26. The molecule has 0 radical (unpaired) electrons. The Morgan fingerprint density at radius 2 is 2.11 bits per heavy atom. The number of nitrogens with one attached hydrogen (secondary N) is 1. The number of aryl methyl sites for hydroxylation is 1. The summed E-state index contributed by atoms with van der Waals surface area (Å²) in [5.74, 6) is 0.721. The van der Waals surface area contributed by atoms with Gasteiger partial charge in [-0.25, -0.2) is 4.39 Å². The molecular weight excluding hydrogens is 227 g/mol. The van der Waals surface area contributed by atoms with Gasteiger partial charge in [0.05, 0.1) is 0 Å². The lowest BCUT2D eigenvalue weighted by Crippen LogP contribution is -2.56. The fourth-order valence-corrected chi connectivity index (χ4v) is 2.98. The first-order valence-corrected chi connectivity index (χ1v) is 6.91. The Morgan fingerprint density at radius 3 is 2.78 bits per heavy atom. The maximum absolute atomic E-state index is 13.2. The van der Waals surface area contributed by atoms with Crippen molar-refractivity contribution >= 4 is 5.69 Å². The lowest BCUT2D eigenvalue weighted by atomic mass is 10.0. The molecule has 0 amide bonds. The van der Waals surface area contributed by atoms with Crippen molar-refractivity contribution in [2.75, 3.05) is 18.0 Å². The van der Waals surface area contributed by atoms with Gasteiger partial charge in [0, 0.05) is 30.9 Å². The number of anilines is 1. The van der Waals surface area contributed by atoms with Crippen molar-refractivity contribution < 1.29 is 4.39 Å². The van der Waals surface area contributed by atoms with Crippen LogP contribution in [0.3, 0.4) is 0 Å². The molecule has 0 spiro atoms. The number of piperazine rings is 1. The number of halogens is 1. The maximum atomic E-state index is 13.2. The Labute approximate surface area is 108 Å². The molecular formula is C15H21FN2. The summed E-state index contributed by atoms with van der Waals surface area (Å²) in [5, 5.41) is 3.65. The van der Waals surface area contributed by atoms with Gasteiger partial charge >= 0.3 is 0 Å². The molecule has 1 aliphatic heterocycles. The molecule has 0 aromatic heterocycles. The van der Waals surface area contributed by atoms with E-state index in [1.54, 1.807) is 12.1 Å². The Morgan fingerprint density at radius 1 is 1.33 bits per heavy atom. The van der Waals surface area contributed by atoms with Crippen LogP contribution in [0.25, 0.3) is 0 Å². The number of hydrogen-bond donors (Lipinski definition) is 1. The van der Waals surface area contributed by atoms with Gasteiger partial charge in [0.15, 0.2) is 0 Å². The van der Waals surface area contributed by atoms with Crippen LogP contribution in [0.5, 0.6) is 0 Å². The summed E-state index contributed by atoms with van der Waals surface area (Å²) in [6.45, 7) is 6.31. The average molecular weight is 248 g/mol. The third-order valence-corrected chi connectivity index (χ3v) is 4.26. The predicted octanol–water partition coefficient (Wildman–Crippen LogP) is 2.71. The van der Waals surface area contributed by atoms with Gasteiger partial charge in [0.25, 0.3) is 0 Å². The molecule has 3 rings (SSSR count). The summed E-state index contributed by atoms with van der Waals surface area (Å²) in [5.41, 5.74) is 2.23. The quantitative estimate of drug-likeness (QED) is 0.865. The molecule has 1 aromatic rings. The highest BCUT2D eigenvalue weighted by atomic mass is 19.1. The Kier molecular flexibility index (Phi) is 3.02. The van der Waals surface area contributed by atoms with E-state index in [0.717, 1.165) is 24.6 Å². The van der Waals surface area contributed by atoms with Gasteiger partial charge in [0.2, 0.25) is 0 Å². The van der Waals surface area contributed by atoms with Crippen LogP contribution in [0.4, 0.5) is 10.1 Å². The summed E-state index contributed by atoms with van der Waals surface area (Å²) >= 11 is 0. The van der Waals surface area contributed by atoms with Crippen LogP contribution in [0, 0.1) is 18.7 Å². The van der Waals surface area contributed by atoms with Crippen molar-refractivity contribution in [1.82, 2.24) is 5.32 Å². The molecule has 18 heavy (non-hydrogen) atoms. The highest BCUT2D eigenvalue weighted by molar-refractivity contribution is 5.54. The third kappa shape index (κ3) is 2.24. The van der Waals surface area contributed by atoms with Gasteiger partial charge < -0.3 is 10.2 Å². The van der Waals surface area contributed by atoms with E-state index in [-0.39, 0.29) is 5.82 Å². The summed E-state index contributed by atoms with van der Waals surface area (Å²) < 4.78 is 13.2. The minimum absolute atomic E-state index is 0.141. The molecule has 1 saturated carbocycles. The number of hydrogen-bond acceptors (Lipinski definition) is 2. The Balaban J connectivity index is 1.83. The summed E-state index contributed by atoms with van der Waals surface area (Å²) in [4.78, 5) is 2.44.